The highest BCUT2D eigenvalue weighted by Gasteiger charge is 2.45. The molecule has 4 rings (SSSR count). The first kappa shape index (κ1) is 36.0. The fourth-order valence-electron chi connectivity index (χ4n) is 6.17. The topological polar surface area (TPSA) is 88.6 Å². The number of halogens is 3. The number of piperidine rings is 1. The zero-order valence-electron chi connectivity index (χ0n) is 28.3. The molecule has 9 nitrogen and oxygen atoms in total. The molecule has 0 radical (unpaired) electrons. The van der Waals surface area contributed by atoms with Crippen molar-refractivity contribution in [2.75, 3.05) is 45.3 Å². The minimum atomic E-state index is -4.89. The second-order valence-corrected chi connectivity index (χ2v) is 13.8. The SMILES string of the molecule is COCCCCN1C(=O)C(C)(C)Oc2cc(C(F)(F)F)c(C(=O)N(C)[C@H]3CN(C(=O)OC(C)(C)C)CC[C@@H]3Cc3ccccc3)cc21. The first-order valence-corrected chi connectivity index (χ1v) is 16.0. The Kier molecular flexibility index (Phi) is 10.8. The van der Waals surface area contributed by atoms with Gasteiger partial charge >= 0.3 is 12.3 Å². The van der Waals surface area contributed by atoms with Crippen LogP contribution in [-0.2, 0) is 26.9 Å². The number of amides is 3. The lowest BCUT2D eigenvalue weighted by Crippen LogP contribution is -2.56. The van der Waals surface area contributed by atoms with E-state index in [2.05, 4.69) is 0 Å². The summed E-state index contributed by atoms with van der Waals surface area (Å²) in [6, 6.07) is 11.0. The number of hydrogen-bond acceptors (Lipinski definition) is 6. The lowest BCUT2D eigenvalue weighted by molar-refractivity contribution is -0.138. The summed E-state index contributed by atoms with van der Waals surface area (Å²) in [5.74, 6) is -1.56. The van der Waals surface area contributed by atoms with Gasteiger partial charge in [-0.1, -0.05) is 30.3 Å². The summed E-state index contributed by atoms with van der Waals surface area (Å²) in [6.07, 6.45) is -3.20. The lowest BCUT2D eigenvalue weighted by atomic mass is 9.85. The minimum Gasteiger partial charge on any atom is -0.476 e. The van der Waals surface area contributed by atoms with Crippen molar-refractivity contribution in [1.29, 1.82) is 0 Å². The van der Waals surface area contributed by atoms with E-state index in [1.165, 1.54) is 35.6 Å². The molecule has 2 aliphatic heterocycles. The number of carbonyl (C=O) groups excluding carboxylic acids is 3. The highest BCUT2D eigenvalue weighted by Crippen LogP contribution is 2.44. The smallest absolute Gasteiger partial charge is 0.417 e. The Labute approximate surface area is 274 Å². The quantitative estimate of drug-likeness (QED) is 0.283. The molecule has 2 aromatic carbocycles. The molecule has 258 valence electrons. The highest BCUT2D eigenvalue weighted by molar-refractivity contribution is 6.05. The number of alkyl halides is 3. The fourth-order valence-corrected chi connectivity index (χ4v) is 6.17. The van der Waals surface area contributed by atoms with E-state index in [4.69, 9.17) is 14.2 Å². The number of methoxy groups -OCH3 is 1. The third-order valence-electron chi connectivity index (χ3n) is 8.56. The molecule has 0 saturated carbocycles. The number of hydrogen-bond donors (Lipinski definition) is 0. The molecule has 0 unspecified atom stereocenters. The van der Waals surface area contributed by atoms with Gasteiger partial charge in [0.1, 0.15) is 11.4 Å². The Balaban J connectivity index is 1.74. The third-order valence-corrected chi connectivity index (χ3v) is 8.56. The summed E-state index contributed by atoms with van der Waals surface area (Å²) in [4.78, 5) is 45.0. The van der Waals surface area contributed by atoms with Gasteiger partial charge in [0.25, 0.3) is 11.8 Å². The van der Waals surface area contributed by atoms with Crippen LogP contribution in [0.15, 0.2) is 42.5 Å². The van der Waals surface area contributed by atoms with Crippen molar-refractivity contribution in [3.63, 3.8) is 0 Å². The van der Waals surface area contributed by atoms with Crippen molar-refractivity contribution in [2.24, 2.45) is 5.92 Å². The normalized spacial score (nSPS) is 19.6. The van der Waals surface area contributed by atoms with Crippen LogP contribution in [0.2, 0.25) is 0 Å². The van der Waals surface area contributed by atoms with Crippen molar-refractivity contribution in [1.82, 2.24) is 9.80 Å². The monoisotopic (exact) mass is 661 g/mol. The number of fused-ring (bicyclic) bond motifs is 1. The number of rotatable bonds is 9. The molecule has 2 aliphatic rings. The standard InChI is InChI=1S/C35H46F3N3O6/c1-33(2,3)47-32(44)40-17-15-24(19-23-13-9-8-10-14-23)28(22-40)39(6)30(42)25-20-27-29(21-26(25)35(36,37)38)46-34(4,5)31(43)41(27)16-11-12-18-45-7/h8-10,13-14,20-21,24,28H,11-12,15-19,22H2,1-7H3/t24-,28+/m1/s1. The summed E-state index contributed by atoms with van der Waals surface area (Å²) < 4.78 is 60.4. The number of ether oxygens (including phenoxy) is 3. The summed E-state index contributed by atoms with van der Waals surface area (Å²) in [5.41, 5.74) is -2.78. The molecule has 2 heterocycles. The molecule has 2 aromatic rings. The minimum absolute atomic E-state index is 0.0857. The maximum absolute atomic E-state index is 14.6. The predicted octanol–water partition coefficient (Wildman–Crippen LogP) is 6.58. The first-order chi connectivity index (χ1) is 21.9. The number of nitrogens with zero attached hydrogens (tertiary/aromatic N) is 3. The van der Waals surface area contributed by atoms with Gasteiger partial charge in [-0.15, -0.1) is 0 Å². The van der Waals surface area contributed by atoms with E-state index in [9.17, 15) is 27.6 Å². The molecule has 2 atom stereocenters. The number of likely N-dealkylation sites (N-methyl/N-ethyl adjacent to an activating group) is 1. The van der Waals surface area contributed by atoms with Gasteiger partial charge in [-0.05, 0) is 83.9 Å². The van der Waals surface area contributed by atoms with Gasteiger partial charge in [0.05, 0.1) is 22.9 Å². The van der Waals surface area contributed by atoms with Crippen LogP contribution in [0, 0.1) is 5.92 Å². The number of anilines is 1. The van der Waals surface area contributed by atoms with Crippen LogP contribution in [0.4, 0.5) is 23.7 Å². The van der Waals surface area contributed by atoms with Crippen LogP contribution >= 0.6 is 0 Å². The van der Waals surface area contributed by atoms with Gasteiger partial charge in [-0.3, -0.25) is 9.59 Å². The second-order valence-electron chi connectivity index (χ2n) is 13.8. The Hall–Kier alpha value is -3.80. The highest BCUT2D eigenvalue weighted by atomic mass is 19.4. The van der Waals surface area contributed by atoms with E-state index in [0.29, 0.717) is 38.8 Å². The zero-order chi connectivity index (χ0) is 34.7. The summed E-state index contributed by atoms with van der Waals surface area (Å²) in [5, 5.41) is 0. The molecular formula is C35H46F3N3O6. The Morgan fingerprint density at radius 1 is 1.09 bits per heavy atom. The first-order valence-electron chi connectivity index (χ1n) is 16.0. The van der Waals surface area contributed by atoms with Gasteiger partial charge in [0.2, 0.25) is 0 Å². The Bertz CT molecular complexity index is 1440. The van der Waals surface area contributed by atoms with Crippen molar-refractivity contribution < 1.29 is 41.8 Å². The molecule has 1 fully saturated rings. The van der Waals surface area contributed by atoms with Crippen LogP contribution in [0.1, 0.15) is 75.4 Å². The van der Waals surface area contributed by atoms with Crippen LogP contribution < -0.4 is 9.64 Å². The Morgan fingerprint density at radius 3 is 2.38 bits per heavy atom. The summed E-state index contributed by atoms with van der Waals surface area (Å²) in [7, 11) is 3.03. The van der Waals surface area contributed by atoms with Crippen molar-refractivity contribution in [3.05, 3.63) is 59.2 Å². The average Bonchev–Trinajstić information content (AvgIpc) is 2.99. The van der Waals surface area contributed by atoms with Gasteiger partial charge in [-0.2, -0.15) is 13.2 Å². The van der Waals surface area contributed by atoms with Crippen LogP contribution in [0.5, 0.6) is 5.75 Å². The molecule has 1 saturated heterocycles. The third kappa shape index (κ3) is 8.57. The molecule has 0 aromatic heterocycles. The molecule has 0 spiro atoms. The van der Waals surface area contributed by atoms with Crippen molar-refractivity contribution >= 4 is 23.6 Å². The molecule has 12 heteroatoms. The Morgan fingerprint density at radius 2 is 1.77 bits per heavy atom. The number of carbonyl (C=O) groups is 3. The van der Waals surface area contributed by atoms with Crippen LogP contribution in [-0.4, -0.2) is 85.3 Å². The maximum atomic E-state index is 14.6. The van der Waals surface area contributed by atoms with E-state index < -0.39 is 52.5 Å². The van der Waals surface area contributed by atoms with Gasteiger partial charge in [-0.25, -0.2) is 4.79 Å². The predicted molar refractivity (Wildman–Crippen MR) is 172 cm³/mol. The van der Waals surface area contributed by atoms with Crippen molar-refractivity contribution in [3.8, 4) is 5.75 Å². The van der Waals surface area contributed by atoms with Crippen molar-refractivity contribution in [2.45, 2.75) is 83.7 Å². The molecule has 3 amide bonds. The van der Waals surface area contributed by atoms with Gasteiger partial charge in [0.15, 0.2) is 5.60 Å². The molecule has 47 heavy (non-hydrogen) atoms. The molecule has 0 N–H and O–H groups in total. The van der Waals surface area contributed by atoms with E-state index in [1.54, 1.807) is 27.9 Å². The molecule has 0 aliphatic carbocycles. The largest absolute Gasteiger partial charge is 0.476 e. The number of benzene rings is 2. The van der Waals surface area contributed by atoms with Crippen LogP contribution in [0.25, 0.3) is 0 Å². The molecular weight excluding hydrogens is 615 g/mol. The second kappa shape index (κ2) is 14.1. The average molecular weight is 662 g/mol. The zero-order valence-corrected chi connectivity index (χ0v) is 28.3. The van der Waals surface area contributed by atoms with Crippen LogP contribution in [0.3, 0.4) is 0 Å². The maximum Gasteiger partial charge on any atom is 0.417 e. The lowest BCUT2D eigenvalue weighted by Gasteiger charge is -2.43. The van der Waals surface area contributed by atoms with Gasteiger partial charge < -0.3 is 28.9 Å². The molecule has 0 bridgehead atoms. The van der Waals surface area contributed by atoms with Gasteiger partial charge in [0, 0.05) is 40.4 Å². The number of unbranched alkanes of at least 4 members (excludes halogenated alkanes) is 1. The van der Waals surface area contributed by atoms with E-state index in [1.807, 2.05) is 30.3 Å². The number of likely N-dealkylation sites (tertiary alicyclic amines) is 1. The fraction of sp³-hybridized carbons (Fsp3) is 0.571. The summed E-state index contributed by atoms with van der Waals surface area (Å²) in [6.45, 7) is 9.42. The van der Waals surface area contributed by atoms with E-state index >= 15 is 0 Å². The van der Waals surface area contributed by atoms with E-state index in [-0.39, 0.29) is 30.4 Å². The van der Waals surface area contributed by atoms with E-state index in [0.717, 1.165) is 17.7 Å². The summed E-state index contributed by atoms with van der Waals surface area (Å²) >= 11 is 0.